The van der Waals surface area contributed by atoms with Crippen LogP contribution in [0.1, 0.15) is 18.1 Å². The standard InChI is InChI=1S/C20H21N5O4S/c1-13(19(26)21-10-15-5-8-17-18(9-15)29-12-28-17)30-20-22-23-24-25(20)11-14-3-6-16(27-2)7-4-14/h3-9,13H,10-12H2,1-2H3,(H,21,26). The monoisotopic (exact) mass is 427 g/mol. The fourth-order valence-corrected chi connectivity index (χ4v) is 3.69. The average molecular weight is 427 g/mol. The van der Waals surface area contributed by atoms with E-state index in [0.29, 0.717) is 24.0 Å². The molecule has 1 aliphatic heterocycles. The van der Waals surface area contributed by atoms with Crippen LogP contribution in [0.2, 0.25) is 0 Å². The van der Waals surface area contributed by atoms with Gasteiger partial charge in [-0.25, -0.2) is 4.68 Å². The van der Waals surface area contributed by atoms with E-state index in [4.69, 9.17) is 14.2 Å². The molecule has 1 amide bonds. The predicted molar refractivity (Wildman–Crippen MR) is 110 cm³/mol. The van der Waals surface area contributed by atoms with E-state index in [2.05, 4.69) is 20.8 Å². The molecule has 1 unspecified atom stereocenters. The van der Waals surface area contributed by atoms with Gasteiger partial charge >= 0.3 is 0 Å². The number of carbonyl (C=O) groups excluding carboxylic acids is 1. The van der Waals surface area contributed by atoms with Crippen LogP contribution in [0, 0.1) is 0 Å². The van der Waals surface area contributed by atoms with Crippen molar-refractivity contribution < 1.29 is 19.0 Å². The molecule has 0 bridgehead atoms. The number of thioether (sulfide) groups is 1. The molecule has 2 aromatic carbocycles. The molecule has 1 aromatic heterocycles. The predicted octanol–water partition coefficient (Wildman–Crippen LogP) is 2.26. The van der Waals surface area contributed by atoms with E-state index >= 15 is 0 Å². The van der Waals surface area contributed by atoms with Crippen LogP contribution in [0.25, 0.3) is 0 Å². The smallest absolute Gasteiger partial charge is 0.233 e. The van der Waals surface area contributed by atoms with Gasteiger partial charge in [-0.3, -0.25) is 4.79 Å². The number of aromatic nitrogens is 4. The zero-order chi connectivity index (χ0) is 20.9. The Morgan fingerprint density at radius 2 is 1.97 bits per heavy atom. The maximum absolute atomic E-state index is 12.5. The molecule has 30 heavy (non-hydrogen) atoms. The highest BCUT2D eigenvalue weighted by molar-refractivity contribution is 8.00. The summed E-state index contributed by atoms with van der Waals surface area (Å²) in [5.74, 6) is 2.11. The Morgan fingerprint density at radius 3 is 2.77 bits per heavy atom. The second kappa shape index (κ2) is 9.04. The van der Waals surface area contributed by atoms with Crippen molar-refractivity contribution in [3.05, 3.63) is 53.6 Å². The van der Waals surface area contributed by atoms with E-state index < -0.39 is 0 Å². The molecular formula is C20H21N5O4S. The fourth-order valence-electron chi connectivity index (χ4n) is 2.88. The van der Waals surface area contributed by atoms with E-state index in [0.717, 1.165) is 22.6 Å². The minimum absolute atomic E-state index is 0.100. The van der Waals surface area contributed by atoms with Crippen molar-refractivity contribution in [2.24, 2.45) is 0 Å². The molecule has 0 aliphatic carbocycles. The molecule has 156 valence electrons. The number of carbonyl (C=O) groups is 1. The van der Waals surface area contributed by atoms with Crippen LogP contribution in [0.3, 0.4) is 0 Å². The summed E-state index contributed by atoms with van der Waals surface area (Å²) in [6.07, 6.45) is 0. The molecule has 0 saturated heterocycles. The summed E-state index contributed by atoms with van der Waals surface area (Å²) in [6.45, 7) is 2.96. The van der Waals surface area contributed by atoms with E-state index in [1.165, 1.54) is 11.8 Å². The summed E-state index contributed by atoms with van der Waals surface area (Å²) >= 11 is 1.31. The summed E-state index contributed by atoms with van der Waals surface area (Å²) in [5.41, 5.74) is 1.97. The lowest BCUT2D eigenvalue weighted by molar-refractivity contribution is -0.120. The second-order valence-electron chi connectivity index (χ2n) is 6.63. The van der Waals surface area contributed by atoms with E-state index in [9.17, 15) is 4.79 Å². The third kappa shape index (κ3) is 4.65. The minimum Gasteiger partial charge on any atom is -0.497 e. The van der Waals surface area contributed by atoms with Crippen LogP contribution in [0.15, 0.2) is 47.6 Å². The number of ether oxygens (including phenoxy) is 3. The fraction of sp³-hybridized carbons (Fsp3) is 0.300. The number of hydrogen-bond donors (Lipinski definition) is 1. The lowest BCUT2D eigenvalue weighted by atomic mass is 10.2. The number of hydrogen-bond acceptors (Lipinski definition) is 8. The van der Waals surface area contributed by atoms with Crippen LogP contribution < -0.4 is 19.5 Å². The maximum atomic E-state index is 12.5. The first-order valence-electron chi connectivity index (χ1n) is 9.34. The number of tetrazole rings is 1. The Labute approximate surface area is 177 Å². The van der Waals surface area contributed by atoms with Gasteiger partial charge in [-0.2, -0.15) is 0 Å². The van der Waals surface area contributed by atoms with Crippen molar-refractivity contribution in [2.75, 3.05) is 13.9 Å². The van der Waals surface area contributed by atoms with Gasteiger partial charge in [0.1, 0.15) is 5.75 Å². The van der Waals surface area contributed by atoms with Gasteiger partial charge in [0.05, 0.1) is 18.9 Å². The van der Waals surface area contributed by atoms with Crippen LogP contribution in [0.4, 0.5) is 0 Å². The minimum atomic E-state index is -0.361. The number of benzene rings is 2. The molecule has 2 heterocycles. The summed E-state index contributed by atoms with van der Waals surface area (Å²) in [7, 11) is 1.63. The molecular weight excluding hydrogens is 406 g/mol. The normalized spacial score (nSPS) is 13.1. The zero-order valence-corrected chi connectivity index (χ0v) is 17.4. The quantitative estimate of drug-likeness (QED) is 0.547. The Morgan fingerprint density at radius 1 is 1.20 bits per heavy atom. The summed E-state index contributed by atoms with van der Waals surface area (Å²) in [6, 6.07) is 13.3. The van der Waals surface area contributed by atoms with Gasteiger partial charge in [-0.15, -0.1) is 5.10 Å². The molecule has 9 nitrogen and oxygen atoms in total. The number of nitrogens with one attached hydrogen (secondary N) is 1. The van der Waals surface area contributed by atoms with Gasteiger partial charge in [-0.1, -0.05) is 30.0 Å². The van der Waals surface area contributed by atoms with E-state index in [-0.39, 0.29) is 18.0 Å². The summed E-state index contributed by atoms with van der Waals surface area (Å²) in [4.78, 5) is 12.5. The molecule has 1 atom stereocenters. The molecule has 0 spiro atoms. The molecule has 1 N–H and O–H groups in total. The lowest BCUT2D eigenvalue weighted by Crippen LogP contribution is -2.30. The first-order valence-corrected chi connectivity index (χ1v) is 10.2. The largest absolute Gasteiger partial charge is 0.497 e. The van der Waals surface area contributed by atoms with Gasteiger partial charge in [-0.05, 0) is 52.7 Å². The Kier molecular flexibility index (Phi) is 6.03. The summed E-state index contributed by atoms with van der Waals surface area (Å²) < 4.78 is 17.5. The number of methoxy groups -OCH3 is 1. The van der Waals surface area contributed by atoms with Crippen molar-refractivity contribution in [3.63, 3.8) is 0 Å². The van der Waals surface area contributed by atoms with Gasteiger partial charge in [0.25, 0.3) is 0 Å². The molecule has 4 rings (SSSR count). The van der Waals surface area contributed by atoms with Gasteiger partial charge in [0.15, 0.2) is 11.5 Å². The Balaban J connectivity index is 1.32. The van der Waals surface area contributed by atoms with Crippen LogP contribution in [0.5, 0.6) is 17.2 Å². The van der Waals surface area contributed by atoms with Gasteiger partial charge in [0, 0.05) is 6.54 Å². The molecule has 0 saturated carbocycles. The van der Waals surface area contributed by atoms with Crippen molar-refractivity contribution in [1.29, 1.82) is 0 Å². The third-order valence-corrected chi connectivity index (χ3v) is 5.62. The molecule has 1 aliphatic rings. The van der Waals surface area contributed by atoms with E-state index in [1.54, 1.807) is 11.8 Å². The second-order valence-corrected chi connectivity index (χ2v) is 7.94. The van der Waals surface area contributed by atoms with Crippen LogP contribution in [-0.4, -0.2) is 45.3 Å². The van der Waals surface area contributed by atoms with Gasteiger partial charge < -0.3 is 19.5 Å². The van der Waals surface area contributed by atoms with Crippen molar-refractivity contribution >= 4 is 17.7 Å². The van der Waals surface area contributed by atoms with Crippen LogP contribution >= 0.6 is 11.8 Å². The topological polar surface area (TPSA) is 100 Å². The average Bonchev–Trinajstić information content (AvgIpc) is 3.41. The first-order chi connectivity index (χ1) is 14.6. The maximum Gasteiger partial charge on any atom is 0.233 e. The Hall–Kier alpha value is -3.27. The first kappa shape index (κ1) is 20.0. The lowest BCUT2D eigenvalue weighted by Gasteiger charge is -2.12. The van der Waals surface area contributed by atoms with Crippen molar-refractivity contribution in [3.8, 4) is 17.2 Å². The molecule has 0 radical (unpaired) electrons. The number of nitrogens with zero attached hydrogens (tertiary/aromatic N) is 4. The molecule has 10 heteroatoms. The van der Waals surface area contributed by atoms with Crippen LogP contribution in [-0.2, 0) is 17.9 Å². The van der Waals surface area contributed by atoms with Crippen molar-refractivity contribution in [2.45, 2.75) is 30.4 Å². The highest BCUT2D eigenvalue weighted by Gasteiger charge is 2.19. The zero-order valence-electron chi connectivity index (χ0n) is 16.6. The third-order valence-electron chi connectivity index (χ3n) is 4.55. The van der Waals surface area contributed by atoms with Crippen molar-refractivity contribution in [1.82, 2.24) is 25.5 Å². The molecule has 0 fully saturated rings. The highest BCUT2D eigenvalue weighted by atomic mass is 32.2. The number of fused-ring (bicyclic) bond motifs is 1. The Bertz CT molecular complexity index is 1020. The summed E-state index contributed by atoms with van der Waals surface area (Å²) in [5, 5.41) is 15.0. The van der Waals surface area contributed by atoms with E-state index in [1.807, 2.05) is 49.4 Å². The SMILES string of the molecule is COc1ccc(Cn2nnnc2SC(C)C(=O)NCc2ccc3c(c2)OCO3)cc1. The highest BCUT2D eigenvalue weighted by Crippen LogP contribution is 2.32. The number of rotatable bonds is 8. The number of amides is 1. The molecule has 3 aromatic rings. The van der Waals surface area contributed by atoms with Gasteiger partial charge in [0.2, 0.25) is 17.9 Å².